The predicted molar refractivity (Wildman–Crippen MR) is 116 cm³/mol. The number of hydrogen-bond donors (Lipinski definition) is 0. The Morgan fingerprint density at radius 2 is 1.14 bits per heavy atom. The van der Waals surface area contributed by atoms with Crippen LogP contribution in [0.4, 0.5) is 0 Å². The Morgan fingerprint density at radius 3 is 1.52 bits per heavy atom. The SMILES string of the molecule is CC1(C)OB(C(CCC(=O)c2ccccc2)B2OC(C)(C)C(C)(C)O2)OC1(C)C. The van der Waals surface area contributed by atoms with Gasteiger partial charge < -0.3 is 18.6 Å². The summed E-state index contributed by atoms with van der Waals surface area (Å²) in [7, 11) is -1.00. The summed E-state index contributed by atoms with van der Waals surface area (Å²) in [6.45, 7) is 16.2. The van der Waals surface area contributed by atoms with E-state index in [4.69, 9.17) is 18.6 Å². The average molecular weight is 400 g/mol. The lowest BCUT2D eigenvalue weighted by atomic mass is 9.50. The number of Topliss-reactive ketones (excluding diaryl/α,β-unsaturated/α-hetero) is 1. The van der Waals surface area contributed by atoms with Crippen molar-refractivity contribution in [1.29, 1.82) is 0 Å². The Morgan fingerprint density at radius 1 is 0.759 bits per heavy atom. The van der Waals surface area contributed by atoms with Gasteiger partial charge in [0.2, 0.25) is 0 Å². The summed E-state index contributed by atoms with van der Waals surface area (Å²) in [6.07, 6.45) is 0.935. The third-order valence-electron chi connectivity index (χ3n) is 7.04. The molecule has 0 unspecified atom stereocenters. The standard InChI is InChI=1S/C22H34B2O5/c1-19(2)20(3,4)27-23(26-19)18(24-28-21(5,6)22(7,8)29-24)15-14-17(25)16-12-10-9-11-13-16/h9-13,18H,14-15H2,1-8H3. The first kappa shape index (κ1) is 22.5. The third kappa shape index (κ3) is 4.34. The second kappa shape index (κ2) is 7.52. The first-order valence-corrected chi connectivity index (χ1v) is 10.6. The van der Waals surface area contributed by atoms with Gasteiger partial charge in [-0.2, -0.15) is 0 Å². The summed E-state index contributed by atoms with van der Waals surface area (Å²) in [5.41, 5.74) is -1.32. The summed E-state index contributed by atoms with van der Waals surface area (Å²) < 4.78 is 25.3. The molecule has 1 aromatic rings. The Labute approximate surface area is 176 Å². The van der Waals surface area contributed by atoms with Gasteiger partial charge in [-0.15, -0.1) is 0 Å². The van der Waals surface area contributed by atoms with Crippen LogP contribution in [0.3, 0.4) is 0 Å². The van der Waals surface area contributed by atoms with Gasteiger partial charge in [0.05, 0.1) is 22.4 Å². The van der Waals surface area contributed by atoms with Crippen LogP contribution in [0.1, 0.15) is 78.6 Å². The fourth-order valence-electron chi connectivity index (χ4n) is 3.59. The highest BCUT2D eigenvalue weighted by atomic mass is 16.7. The van der Waals surface area contributed by atoms with Crippen LogP contribution in [0, 0.1) is 0 Å². The molecule has 3 rings (SSSR count). The molecule has 1 aromatic carbocycles. The third-order valence-corrected chi connectivity index (χ3v) is 7.04. The summed E-state index contributed by atoms with van der Waals surface area (Å²) in [6, 6.07) is 9.37. The minimum atomic E-state index is -0.502. The second-order valence-electron chi connectivity index (χ2n) is 10.2. The molecule has 5 nitrogen and oxygen atoms in total. The maximum atomic E-state index is 12.7. The largest absolute Gasteiger partial charge is 0.458 e. The van der Waals surface area contributed by atoms with E-state index in [-0.39, 0.29) is 11.5 Å². The quantitative estimate of drug-likeness (QED) is 0.510. The topological polar surface area (TPSA) is 54.0 Å². The predicted octanol–water partition coefficient (Wildman–Crippen LogP) is 4.74. The molecule has 7 heteroatoms. The van der Waals surface area contributed by atoms with E-state index in [0.29, 0.717) is 18.4 Å². The molecule has 0 spiro atoms. The zero-order chi connectivity index (χ0) is 21.7. The van der Waals surface area contributed by atoms with Gasteiger partial charge in [0.1, 0.15) is 0 Å². The molecule has 0 atom stereocenters. The van der Waals surface area contributed by atoms with Gasteiger partial charge in [-0.3, -0.25) is 4.79 Å². The molecule has 0 N–H and O–H groups in total. The molecular formula is C22H34B2O5. The first-order valence-electron chi connectivity index (χ1n) is 10.6. The molecular weight excluding hydrogens is 366 g/mol. The van der Waals surface area contributed by atoms with Gasteiger partial charge in [-0.05, 0) is 61.8 Å². The Balaban J connectivity index is 1.80. The first-order chi connectivity index (χ1) is 13.3. The van der Waals surface area contributed by atoms with Crippen LogP contribution in [-0.4, -0.2) is 42.4 Å². The molecule has 2 aliphatic heterocycles. The number of carbonyl (C=O) groups excluding carboxylic acids is 1. The summed E-state index contributed by atoms with van der Waals surface area (Å²) >= 11 is 0. The highest BCUT2D eigenvalue weighted by Gasteiger charge is 2.61. The van der Waals surface area contributed by atoms with E-state index in [1.165, 1.54) is 0 Å². The maximum Gasteiger partial charge on any atom is 0.458 e. The monoisotopic (exact) mass is 400 g/mol. The molecule has 2 fully saturated rings. The van der Waals surface area contributed by atoms with Gasteiger partial charge >= 0.3 is 14.2 Å². The minimum Gasteiger partial charge on any atom is -0.403 e. The van der Waals surface area contributed by atoms with E-state index < -0.39 is 36.6 Å². The number of carbonyl (C=O) groups is 1. The average Bonchev–Trinajstić information content (AvgIpc) is 2.95. The van der Waals surface area contributed by atoms with Gasteiger partial charge in [-0.1, -0.05) is 30.3 Å². The van der Waals surface area contributed by atoms with E-state index in [2.05, 4.69) is 0 Å². The van der Waals surface area contributed by atoms with Gasteiger partial charge in [0.25, 0.3) is 0 Å². The molecule has 2 heterocycles. The normalized spacial score (nSPS) is 24.3. The zero-order valence-corrected chi connectivity index (χ0v) is 19.1. The van der Waals surface area contributed by atoms with Crippen molar-refractivity contribution < 1.29 is 23.4 Å². The maximum absolute atomic E-state index is 12.7. The van der Waals surface area contributed by atoms with E-state index in [9.17, 15) is 4.79 Å². The Hall–Kier alpha value is -1.14. The summed E-state index contributed by atoms with van der Waals surface area (Å²) in [4.78, 5) is 12.7. The molecule has 0 aliphatic carbocycles. The van der Waals surface area contributed by atoms with E-state index >= 15 is 0 Å². The highest BCUT2D eigenvalue weighted by Crippen LogP contribution is 2.46. The lowest BCUT2D eigenvalue weighted by molar-refractivity contribution is 0.00578. The molecule has 0 aromatic heterocycles. The molecule has 0 bridgehead atoms. The van der Waals surface area contributed by atoms with Crippen LogP contribution in [0.5, 0.6) is 0 Å². The van der Waals surface area contributed by atoms with Crippen molar-refractivity contribution in [3.63, 3.8) is 0 Å². The number of rotatable bonds is 6. The van der Waals surface area contributed by atoms with Crippen molar-refractivity contribution in [3.05, 3.63) is 35.9 Å². The van der Waals surface area contributed by atoms with Gasteiger partial charge in [0.15, 0.2) is 5.78 Å². The van der Waals surface area contributed by atoms with Crippen molar-refractivity contribution in [2.75, 3.05) is 0 Å². The van der Waals surface area contributed by atoms with Crippen LogP contribution in [0.2, 0.25) is 5.72 Å². The Bertz CT molecular complexity index is 677. The smallest absolute Gasteiger partial charge is 0.403 e. The number of ketones is 1. The van der Waals surface area contributed by atoms with Crippen molar-refractivity contribution in [1.82, 2.24) is 0 Å². The fraction of sp³-hybridized carbons (Fsp3) is 0.682. The Kier molecular flexibility index (Phi) is 5.85. The van der Waals surface area contributed by atoms with Crippen molar-refractivity contribution in [2.45, 2.75) is 96.4 Å². The summed E-state index contributed by atoms with van der Waals surface area (Å²) in [5.74, 6) is 0.101. The molecule has 29 heavy (non-hydrogen) atoms. The van der Waals surface area contributed by atoms with Crippen LogP contribution in [0.25, 0.3) is 0 Å². The van der Waals surface area contributed by atoms with E-state index in [0.717, 1.165) is 0 Å². The lowest BCUT2D eigenvalue weighted by Gasteiger charge is -2.32. The number of hydrogen-bond acceptors (Lipinski definition) is 5. The fourth-order valence-corrected chi connectivity index (χ4v) is 3.59. The van der Waals surface area contributed by atoms with E-state index in [1.807, 2.05) is 85.7 Å². The molecule has 0 radical (unpaired) electrons. The highest BCUT2D eigenvalue weighted by molar-refractivity contribution is 6.68. The van der Waals surface area contributed by atoms with E-state index in [1.54, 1.807) is 0 Å². The zero-order valence-electron chi connectivity index (χ0n) is 19.1. The summed E-state index contributed by atoms with van der Waals surface area (Å²) in [5, 5.41) is 0. The molecule has 2 saturated heterocycles. The van der Waals surface area contributed by atoms with Crippen LogP contribution in [0.15, 0.2) is 30.3 Å². The molecule has 2 aliphatic rings. The van der Waals surface area contributed by atoms with Crippen molar-refractivity contribution in [3.8, 4) is 0 Å². The van der Waals surface area contributed by atoms with Crippen molar-refractivity contribution >= 4 is 20.0 Å². The van der Waals surface area contributed by atoms with Gasteiger partial charge in [-0.25, -0.2) is 0 Å². The van der Waals surface area contributed by atoms with Gasteiger partial charge in [0, 0.05) is 17.7 Å². The molecule has 0 amide bonds. The second-order valence-corrected chi connectivity index (χ2v) is 10.2. The molecule has 0 saturated carbocycles. The van der Waals surface area contributed by atoms with Crippen LogP contribution in [-0.2, 0) is 18.6 Å². The van der Waals surface area contributed by atoms with Crippen molar-refractivity contribution in [2.24, 2.45) is 0 Å². The van der Waals surface area contributed by atoms with Crippen LogP contribution >= 0.6 is 0 Å². The lowest BCUT2D eigenvalue weighted by Crippen LogP contribution is -2.41. The number of benzene rings is 1. The van der Waals surface area contributed by atoms with Crippen LogP contribution < -0.4 is 0 Å². The molecule has 158 valence electrons. The minimum absolute atomic E-state index is 0.101.